The first-order chi connectivity index (χ1) is 12.1. The molecule has 0 aromatic heterocycles. The lowest BCUT2D eigenvalue weighted by Gasteiger charge is -2.30. The summed E-state index contributed by atoms with van der Waals surface area (Å²) in [6.07, 6.45) is 2.69. The summed E-state index contributed by atoms with van der Waals surface area (Å²) in [7, 11) is 0. The Kier molecular flexibility index (Phi) is 6.11. The van der Waals surface area contributed by atoms with Gasteiger partial charge < -0.3 is 10.4 Å². The Morgan fingerprint density at radius 3 is 2.40 bits per heavy atom. The van der Waals surface area contributed by atoms with Crippen LogP contribution in [0.2, 0.25) is 0 Å². The summed E-state index contributed by atoms with van der Waals surface area (Å²) in [5, 5.41) is 13.4. The van der Waals surface area contributed by atoms with E-state index in [2.05, 4.69) is 72.6 Å². The minimum absolute atomic E-state index is 0.112. The Balaban J connectivity index is 1.63. The molecule has 0 bridgehead atoms. The molecule has 0 saturated carbocycles. The van der Waals surface area contributed by atoms with Gasteiger partial charge in [-0.2, -0.15) is 0 Å². The normalized spacial score (nSPS) is 17.4. The Morgan fingerprint density at radius 2 is 1.68 bits per heavy atom. The number of nitrogens with zero attached hydrogens (tertiary/aromatic N) is 1. The minimum atomic E-state index is -0.112. The van der Waals surface area contributed by atoms with E-state index in [-0.39, 0.29) is 6.10 Å². The number of nitrogens with one attached hydrogen (secondary N) is 1. The quantitative estimate of drug-likeness (QED) is 0.836. The molecule has 2 N–H and O–H groups in total. The van der Waals surface area contributed by atoms with Crippen LogP contribution in [0.3, 0.4) is 0 Å². The van der Waals surface area contributed by atoms with Crippen molar-refractivity contribution in [2.75, 3.05) is 18.4 Å². The van der Waals surface area contributed by atoms with Crippen LogP contribution >= 0.6 is 0 Å². The number of benzene rings is 2. The van der Waals surface area contributed by atoms with Crippen molar-refractivity contribution in [2.24, 2.45) is 0 Å². The maximum Gasteiger partial charge on any atom is 0.0564 e. The lowest BCUT2D eigenvalue weighted by molar-refractivity contribution is 0.0793. The van der Waals surface area contributed by atoms with Crippen molar-refractivity contribution < 1.29 is 5.11 Å². The van der Waals surface area contributed by atoms with E-state index in [1.807, 2.05) is 0 Å². The van der Waals surface area contributed by atoms with Crippen LogP contribution in [0.1, 0.15) is 36.5 Å². The van der Waals surface area contributed by atoms with Gasteiger partial charge in [-0.05, 0) is 55.9 Å². The van der Waals surface area contributed by atoms with Gasteiger partial charge in [0.1, 0.15) is 0 Å². The third-order valence-corrected chi connectivity index (χ3v) is 5.16. The number of hydrogen-bond acceptors (Lipinski definition) is 3. The SMILES string of the molecule is Cc1ccccc1CC(C)Nc1ccccc1CN1CCC(O)CC1. The Bertz CT molecular complexity index is 677. The van der Waals surface area contributed by atoms with Crippen molar-refractivity contribution in [1.29, 1.82) is 0 Å². The molecule has 0 radical (unpaired) electrons. The molecule has 1 saturated heterocycles. The predicted molar refractivity (Wildman–Crippen MR) is 105 cm³/mol. The largest absolute Gasteiger partial charge is 0.393 e. The molecule has 1 unspecified atom stereocenters. The summed E-state index contributed by atoms with van der Waals surface area (Å²) in [6, 6.07) is 17.6. The van der Waals surface area contributed by atoms with Crippen molar-refractivity contribution in [2.45, 2.75) is 51.8 Å². The van der Waals surface area contributed by atoms with E-state index in [0.717, 1.165) is 38.9 Å². The second-order valence-corrected chi connectivity index (χ2v) is 7.34. The number of rotatable bonds is 6. The van der Waals surface area contributed by atoms with E-state index in [0.29, 0.717) is 6.04 Å². The zero-order valence-electron chi connectivity index (χ0n) is 15.4. The van der Waals surface area contributed by atoms with Crippen molar-refractivity contribution in [1.82, 2.24) is 4.90 Å². The maximum atomic E-state index is 9.69. The average Bonchev–Trinajstić information content (AvgIpc) is 2.61. The Hall–Kier alpha value is -1.84. The van der Waals surface area contributed by atoms with Crippen molar-refractivity contribution in [3.63, 3.8) is 0 Å². The number of anilines is 1. The predicted octanol–water partition coefficient (Wildman–Crippen LogP) is 3.99. The molecule has 1 aliphatic rings. The number of hydrogen-bond donors (Lipinski definition) is 2. The standard InChI is InChI=1S/C22H30N2O/c1-17-7-3-4-8-19(17)15-18(2)23-22-10-6-5-9-20(22)16-24-13-11-21(25)12-14-24/h3-10,18,21,23,25H,11-16H2,1-2H3. The van der Waals surface area contributed by atoms with Crippen molar-refractivity contribution in [3.05, 3.63) is 65.2 Å². The number of aliphatic hydroxyl groups excluding tert-OH is 1. The zero-order chi connectivity index (χ0) is 17.6. The molecule has 2 aromatic carbocycles. The lowest BCUT2D eigenvalue weighted by Crippen LogP contribution is -2.35. The van der Waals surface area contributed by atoms with Gasteiger partial charge >= 0.3 is 0 Å². The van der Waals surface area contributed by atoms with Gasteiger partial charge in [-0.25, -0.2) is 0 Å². The molecule has 25 heavy (non-hydrogen) atoms. The fraction of sp³-hybridized carbons (Fsp3) is 0.455. The van der Waals surface area contributed by atoms with Crippen molar-refractivity contribution >= 4 is 5.69 Å². The molecule has 0 amide bonds. The van der Waals surface area contributed by atoms with Crippen molar-refractivity contribution in [3.8, 4) is 0 Å². The molecule has 0 aliphatic carbocycles. The molecule has 3 nitrogen and oxygen atoms in total. The number of aliphatic hydroxyl groups is 1. The number of aryl methyl sites for hydroxylation is 1. The summed E-state index contributed by atoms with van der Waals surface area (Å²) in [5.74, 6) is 0. The van der Waals surface area contributed by atoms with Gasteiger partial charge in [-0.3, -0.25) is 4.90 Å². The second kappa shape index (κ2) is 8.50. The van der Waals surface area contributed by atoms with Gasteiger partial charge in [0.2, 0.25) is 0 Å². The fourth-order valence-electron chi connectivity index (χ4n) is 3.60. The monoisotopic (exact) mass is 338 g/mol. The second-order valence-electron chi connectivity index (χ2n) is 7.34. The molecule has 3 rings (SSSR count). The molecule has 3 heteroatoms. The lowest BCUT2D eigenvalue weighted by atomic mass is 10.0. The average molecular weight is 338 g/mol. The highest BCUT2D eigenvalue weighted by Crippen LogP contribution is 2.21. The first kappa shape index (κ1) is 18.0. The van der Waals surface area contributed by atoms with Crippen LogP contribution < -0.4 is 5.32 Å². The van der Waals surface area contributed by atoms with E-state index in [1.165, 1.54) is 22.4 Å². The van der Waals surface area contributed by atoms with E-state index in [1.54, 1.807) is 0 Å². The highest BCUT2D eigenvalue weighted by molar-refractivity contribution is 5.52. The molecule has 1 aliphatic heterocycles. The molecule has 1 fully saturated rings. The van der Waals surface area contributed by atoms with E-state index in [9.17, 15) is 5.11 Å². The third-order valence-electron chi connectivity index (χ3n) is 5.16. The van der Waals surface area contributed by atoms with Gasteiger partial charge in [0.25, 0.3) is 0 Å². The van der Waals surface area contributed by atoms with Gasteiger partial charge in [-0.1, -0.05) is 42.5 Å². The molecule has 0 spiro atoms. The first-order valence-electron chi connectivity index (χ1n) is 9.41. The maximum absolute atomic E-state index is 9.69. The Labute approximate surface area is 151 Å². The highest BCUT2D eigenvalue weighted by Gasteiger charge is 2.18. The molecule has 2 aromatic rings. The summed E-state index contributed by atoms with van der Waals surface area (Å²) in [4.78, 5) is 2.44. The first-order valence-corrected chi connectivity index (χ1v) is 9.41. The van der Waals surface area contributed by atoms with Crippen LogP contribution in [0.5, 0.6) is 0 Å². The molecule has 134 valence electrons. The van der Waals surface area contributed by atoms with Gasteiger partial charge in [0.05, 0.1) is 6.10 Å². The van der Waals surface area contributed by atoms with E-state index >= 15 is 0 Å². The molecular formula is C22H30N2O. The van der Waals surface area contributed by atoms with Gasteiger partial charge in [0, 0.05) is 31.4 Å². The highest BCUT2D eigenvalue weighted by atomic mass is 16.3. The third kappa shape index (κ3) is 5.07. The molecular weight excluding hydrogens is 308 g/mol. The zero-order valence-corrected chi connectivity index (χ0v) is 15.4. The van der Waals surface area contributed by atoms with Crippen LogP contribution in [-0.2, 0) is 13.0 Å². The Morgan fingerprint density at radius 1 is 1.04 bits per heavy atom. The summed E-state index contributed by atoms with van der Waals surface area (Å²) in [6.45, 7) is 7.34. The fourth-order valence-corrected chi connectivity index (χ4v) is 3.60. The van der Waals surface area contributed by atoms with Crippen LogP contribution in [0.25, 0.3) is 0 Å². The van der Waals surface area contributed by atoms with Crippen LogP contribution in [0.4, 0.5) is 5.69 Å². The summed E-state index contributed by atoms with van der Waals surface area (Å²) in [5.41, 5.74) is 5.34. The topological polar surface area (TPSA) is 35.5 Å². The summed E-state index contributed by atoms with van der Waals surface area (Å²) >= 11 is 0. The van der Waals surface area contributed by atoms with E-state index in [4.69, 9.17) is 0 Å². The minimum Gasteiger partial charge on any atom is -0.393 e. The smallest absolute Gasteiger partial charge is 0.0564 e. The van der Waals surface area contributed by atoms with E-state index < -0.39 is 0 Å². The molecule has 1 heterocycles. The summed E-state index contributed by atoms with van der Waals surface area (Å²) < 4.78 is 0. The number of likely N-dealkylation sites (tertiary alicyclic amines) is 1. The van der Waals surface area contributed by atoms with Gasteiger partial charge in [-0.15, -0.1) is 0 Å². The van der Waals surface area contributed by atoms with Crippen LogP contribution in [0, 0.1) is 6.92 Å². The number of para-hydroxylation sites is 1. The number of piperidine rings is 1. The molecule has 1 atom stereocenters. The van der Waals surface area contributed by atoms with Gasteiger partial charge in [0.15, 0.2) is 0 Å². The van der Waals surface area contributed by atoms with Crippen LogP contribution in [-0.4, -0.2) is 35.2 Å². The van der Waals surface area contributed by atoms with Crippen LogP contribution in [0.15, 0.2) is 48.5 Å².